The highest BCUT2D eigenvalue weighted by Gasteiger charge is 2.22. The summed E-state index contributed by atoms with van der Waals surface area (Å²) in [6.07, 6.45) is 0. The summed E-state index contributed by atoms with van der Waals surface area (Å²) in [7, 11) is 0. The van der Waals surface area contributed by atoms with Crippen LogP contribution in [0.4, 0.5) is 34.1 Å². The molecule has 0 aliphatic heterocycles. The van der Waals surface area contributed by atoms with Crippen molar-refractivity contribution in [1.82, 2.24) is 0 Å². The summed E-state index contributed by atoms with van der Waals surface area (Å²) in [5, 5.41) is 5.32. The summed E-state index contributed by atoms with van der Waals surface area (Å²) in [5.41, 5.74) is 9.72. The van der Waals surface area contributed by atoms with Crippen molar-refractivity contribution < 1.29 is 0 Å². The molecule has 0 aromatic heterocycles. The minimum Gasteiger partial charge on any atom is -0.310 e. The molecular weight excluding hydrogens is 556 g/mol. The predicted octanol–water partition coefficient (Wildman–Crippen LogP) is 13.2. The van der Waals surface area contributed by atoms with Gasteiger partial charge in [-0.1, -0.05) is 113 Å². The summed E-state index contributed by atoms with van der Waals surface area (Å²) in [6, 6.07) is 56.9. The second-order valence-electron chi connectivity index (χ2n) is 12.6. The SMILES string of the molecule is CC(C)c1c2ccc(N(c3ccccc3)c3ccccc3)cc2c(C(C)C)c2ccc(N(c3ccccc3)c3ccccc3)cc12. The highest BCUT2D eigenvalue weighted by atomic mass is 15.1. The van der Waals surface area contributed by atoms with E-state index in [-0.39, 0.29) is 0 Å². The van der Waals surface area contributed by atoms with Crippen molar-refractivity contribution in [3.63, 3.8) is 0 Å². The van der Waals surface area contributed by atoms with Crippen molar-refractivity contribution in [2.75, 3.05) is 9.80 Å². The van der Waals surface area contributed by atoms with Gasteiger partial charge in [-0.15, -0.1) is 0 Å². The molecule has 0 heterocycles. The van der Waals surface area contributed by atoms with Crippen LogP contribution in [0, 0.1) is 0 Å². The van der Waals surface area contributed by atoms with E-state index in [9.17, 15) is 0 Å². The van der Waals surface area contributed by atoms with E-state index in [0.29, 0.717) is 11.8 Å². The van der Waals surface area contributed by atoms with Crippen LogP contribution in [0.25, 0.3) is 21.5 Å². The van der Waals surface area contributed by atoms with Crippen LogP contribution in [-0.4, -0.2) is 0 Å². The number of hydrogen-bond acceptors (Lipinski definition) is 2. The third-order valence-electron chi connectivity index (χ3n) is 8.90. The van der Waals surface area contributed by atoms with Crippen molar-refractivity contribution in [2.45, 2.75) is 39.5 Å². The van der Waals surface area contributed by atoms with E-state index in [2.05, 4.69) is 195 Å². The normalized spacial score (nSPS) is 11.4. The second kappa shape index (κ2) is 12.6. The number of para-hydroxylation sites is 4. The van der Waals surface area contributed by atoms with E-state index >= 15 is 0 Å². The van der Waals surface area contributed by atoms with Crippen LogP contribution in [0.15, 0.2) is 158 Å². The van der Waals surface area contributed by atoms with Crippen molar-refractivity contribution in [3.05, 3.63) is 169 Å². The van der Waals surface area contributed by atoms with Crippen molar-refractivity contribution in [3.8, 4) is 0 Å². The van der Waals surface area contributed by atoms with Crippen LogP contribution in [0.3, 0.4) is 0 Å². The van der Waals surface area contributed by atoms with Crippen molar-refractivity contribution in [1.29, 1.82) is 0 Å². The summed E-state index contributed by atoms with van der Waals surface area (Å²) >= 11 is 0. The molecule has 0 bridgehead atoms. The molecule has 0 amide bonds. The average Bonchev–Trinajstić information content (AvgIpc) is 3.09. The number of benzene rings is 7. The fraction of sp³-hybridized carbons (Fsp3) is 0.136. The quantitative estimate of drug-likeness (QED) is 0.161. The summed E-state index contributed by atoms with van der Waals surface area (Å²) in [4.78, 5) is 4.73. The molecule has 0 aliphatic rings. The lowest BCUT2D eigenvalue weighted by Gasteiger charge is -2.29. The summed E-state index contributed by atoms with van der Waals surface area (Å²) < 4.78 is 0. The summed E-state index contributed by atoms with van der Waals surface area (Å²) in [6.45, 7) is 9.32. The average molecular weight is 597 g/mol. The van der Waals surface area contributed by atoms with Gasteiger partial charge in [0.05, 0.1) is 0 Å². The van der Waals surface area contributed by atoms with Gasteiger partial charge in [0.1, 0.15) is 0 Å². The van der Waals surface area contributed by atoms with Gasteiger partial charge in [0, 0.05) is 34.1 Å². The predicted molar refractivity (Wildman–Crippen MR) is 199 cm³/mol. The lowest BCUT2D eigenvalue weighted by Crippen LogP contribution is -2.11. The lowest BCUT2D eigenvalue weighted by molar-refractivity contribution is 0.873. The molecule has 226 valence electrons. The van der Waals surface area contributed by atoms with Crippen LogP contribution in [0.5, 0.6) is 0 Å². The van der Waals surface area contributed by atoms with Gasteiger partial charge in [-0.3, -0.25) is 0 Å². The molecule has 7 aromatic carbocycles. The Kier molecular flexibility index (Phi) is 8.03. The molecule has 0 N–H and O–H groups in total. The molecule has 46 heavy (non-hydrogen) atoms. The van der Waals surface area contributed by atoms with Gasteiger partial charge in [0.15, 0.2) is 0 Å². The summed E-state index contributed by atoms with van der Waals surface area (Å²) in [5.74, 6) is 0.683. The van der Waals surface area contributed by atoms with Crippen LogP contribution < -0.4 is 9.80 Å². The van der Waals surface area contributed by atoms with Crippen molar-refractivity contribution >= 4 is 55.7 Å². The van der Waals surface area contributed by atoms with Gasteiger partial charge in [-0.05, 0) is 117 Å². The Balaban J connectivity index is 1.49. The third-order valence-corrected chi connectivity index (χ3v) is 8.90. The molecular formula is C44H40N2. The fourth-order valence-electron chi connectivity index (χ4n) is 6.99. The molecule has 0 atom stereocenters. The maximum atomic E-state index is 2.42. The van der Waals surface area contributed by atoms with E-state index in [0.717, 1.165) is 34.1 Å². The van der Waals surface area contributed by atoms with Gasteiger partial charge < -0.3 is 9.80 Å². The highest BCUT2D eigenvalue weighted by Crippen LogP contribution is 2.45. The standard InChI is InChI=1S/C44H40N2/c1-31(2)43-39-27-25-38(46(35-21-13-7-14-22-35)36-23-15-8-16-24-36)30-42(39)44(32(3)4)40-28-26-37(29-41(40)43)45(33-17-9-5-10-18-33)34-19-11-6-12-20-34/h5-32H,1-4H3. The first-order valence-corrected chi connectivity index (χ1v) is 16.3. The van der Waals surface area contributed by atoms with Gasteiger partial charge in [-0.25, -0.2) is 0 Å². The maximum Gasteiger partial charge on any atom is 0.0468 e. The Morgan fingerprint density at radius 1 is 0.304 bits per heavy atom. The first-order valence-electron chi connectivity index (χ1n) is 16.3. The van der Waals surface area contributed by atoms with E-state index in [1.54, 1.807) is 0 Å². The van der Waals surface area contributed by atoms with E-state index in [4.69, 9.17) is 0 Å². The Bertz CT molecular complexity index is 1850. The number of anilines is 6. The molecule has 2 nitrogen and oxygen atoms in total. The van der Waals surface area contributed by atoms with Crippen LogP contribution in [-0.2, 0) is 0 Å². The molecule has 0 fully saturated rings. The zero-order valence-corrected chi connectivity index (χ0v) is 27.1. The fourth-order valence-corrected chi connectivity index (χ4v) is 6.99. The zero-order chi connectivity index (χ0) is 31.6. The third kappa shape index (κ3) is 5.41. The molecule has 0 aliphatic carbocycles. The van der Waals surface area contributed by atoms with Crippen LogP contribution >= 0.6 is 0 Å². The van der Waals surface area contributed by atoms with Gasteiger partial charge in [0.2, 0.25) is 0 Å². The first-order chi connectivity index (χ1) is 22.5. The lowest BCUT2D eigenvalue weighted by atomic mass is 9.83. The van der Waals surface area contributed by atoms with Gasteiger partial charge >= 0.3 is 0 Å². The highest BCUT2D eigenvalue weighted by molar-refractivity contribution is 6.09. The van der Waals surface area contributed by atoms with E-state index in [1.807, 2.05) is 0 Å². The molecule has 7 aromatic rings. The maximum absolute atomic E-state index is 2.42. The Morgan fingerprint density at radius 3 is 0.848 bits per heavy atom. The van der Waals surface area contributed by atoms with Crippen LogP contribution in [0.1, 0.15) is 50.7 Å². The number of rotatable bonds is 8. The smallest absolute Gasteiger partial charge is 0.0468 e. The topological polar surface area (TPSA) is 6.48 Å². The molecule has 7 rings (SSSR count). The molecule has 0 unspecified atom stereocenters. The zero-order valence-electron chi connectivity index (χ0n) is 27.1. The minimum atomic E-state index is 0.341. The monoisotopic (exact) mass is 596 g/mol. The van der Waals surface area contributed by atoms with Crippen molar-refractivity contribution in [2.24, 2.45) is 0 Å². The molecule has 0 saturated heterocycles. The van der Waals surface area contributed by atoms with Gasteiger partial charge in [0.25, 0.3) is 0 Å². The molecule has 0 radical (unpaired) electrons. The van der Waals surface area contributed by atoms with E-state index < -0.39 is 0 Å². The Morgan fingerprint density at radius 2 is 0.587 bits per heavy atom. The largest absolute Gasteiger partial charge is 0.310 e. The van der Waals surface area contributed by atoms with E-state index in [1.165, 1.54) is 32.7 Å². The number of fused-ring (bicyclic) bond motifs is 2. The Labute approximate surface area is 273 Å². The second-order valence-corrected chi connectivity index (χ2v) is 12.6. The van der Waals surface area contributed by atoms with Gasteiger partial charge in [-0.2, -0.15) is 0 Å². The molecule has 2 heteroatoms. The first kappa shape index (κ1) is 29.4. The number of hydrogen-bond donors (Lipinski definition) is 0. The Hall–Kier alpha value is -5.34. The minimum absolute atomic E-state index is 0.341. The molecule has 0 spiro atoms. The van der Waals surface area contributed by atoms with Crippen LogP contribution in [0.2, 0.25) is 0 Å². The molecule has 0 saturated carbocycles. The number of nitrogens with zero attached hydrogens (tertiary/aromatic N) is 2.